The summed E-state index contributed by atoms with van der Waals surface area (Å²) in [6.45, 7) is 0. The zero-order valence-corrected chi connectivity index (χ0v) is 11.6. The fraction of sp³-hybridized carbons (Fsp3) is 0.143. The average Bonchev–Trinajstić information content (AvgIpc) is 2.97. The molecule has 1 atom stereocenters. The second kappa shape index (κ2) is 4.87. The van der Waals surface area contributed by atoms with Crippen LogP contribution in [0.25, 0.3) is 9.40 Å². The molecule has 0 saturated heterocycles. The van der Waals surface area contributed by atoms with Crippen LogP contribution in [0, 0.1) is 0 Å². The van der Waals surface area contributed by atoms with Gasteiger partial charge in [-0.15, -0.1) is 22.7 Å². The third-order valence-corrected chi connectivity index (χ3v) is 5.10. The van der Waals surface area contributed by atoms with E-state index in [0.717, 1.165) is 21.5 Å². The summed E-state index contributed by atoms with van der Waals surface area (Å²) < 4.78 is 40.1. The van der Waals surface area contributed by atoms with Crippen LogP contribution in [0.1, 0.15) is 22.1 Å². The summed E-state index contributed by atoms with van der Waals surface area (Å²) in [5, 5.41) is 12.2. The molecular formula is C14H9F3OS2. The maximum absolute atomic E-state index is 12.7. The number of alkyl halides is 3. The number of aliphatic hydroxyl groups excluding tert-OH is 1. The van der Waals surface area contributed by atoms with E-state index in [-0.39, 0.29) is 5.56 Å². The fourth-order valence-corrected chi connectivity index (χ4v) is 4.10. The first-order chi connectivity index (χ1) is 9.45. The highest BCUT2D eigenvalue weighted by molar-refractivity contribution is 7.26. The molecule has 3 rings (SSSR count). The number of fused-ring (bicyclic) bond motifs is 1. The first-order valence-electron chi connectivity index (χ1n) is 5.77. The van der Waals surface area contributed by atoms with Gasteiger partial charge in [-0.1, -0.05) is 12.1 Å². The van der Waals surface area contributed by atoms with Crippen LogP contribution in [-0.2, 0) is 6.18 Å². The zero-order chi connectivity index (χ0) is 14.3. The molecule has 1 N–H and O–H groups in total. The lowest BCUT2D eigenvalue weighted by Gasteiger charge is -2.12. The lowest BCUT2D eigenvalue weighted by molar-refractivity contribution is -0.137. The predicted octanol–water partition coefficient (Wildman–Crippen LogP) is 5.06. The Bertz CT molecular complexity index is 714. The van der Waals surface area contributed by atoms with Gasteiger partial charge in [0, 0.05) is 14.3 Å². The maximum atomic E-state index is 12.7. The Morgan fingerprint density at radius 1 is 1.05 bits per heavy atom. The van der Waals surface area contributed by atoms with E-state index in [2.05, 4.69) is 0 Å². The van der Waals surface area contributed by atoms with Crippen molar-refractivity contribution >= 4 is 32.1 Å². The quantitative estimate of drug-likeness (QED) is 0.700. The Labute approximate surface area is 120 Å². The van der Waals surface area contributed by atoms with Crippen LogP contribution in [0.5, 0.6) is 0 Å². The molecule has 0 saturated carbocycles. The van der Waals surface area contributed by atoms with Crippen molar-refractivity contribution in [3.8, 4) is 0 Å². The van der Waals surface area contributed by atoms with Crippen molar-refractivity contribution in [2.75, 3.05) is 0 Å². The minimum absolute atomic E-state index is 0.258. The molecule has 0 radical (unpaired) electrons. The Kier molecular flexibility index (Phi) is 3.32. The molecule has 1 unspecified atom stereocenters. The van der Waals surface area contributed by atoms with Crippen molar-refractivity contribution in [2.24, 2.45) is 0 Å². The van der Waals surface area contributed by atoms with E-state index < -0.39 is 17.8 Å². The molecule has 1 nitrogen and oxygen atoms in total. The number of halogens is 3. The highest BCUT2D eigenvalue weighted by atomic mass is 32.1. The summed E-state index contributed by atoms with van der Waals surface area (Å²) in [6, 6.07) is 8.59. The molecule has 0 fully saturated rings. The van der Waals surface area contributed by atoms with Crippen LogP contribution < -0.4 is 0 Å². The highest BCUT2D eigenvalue weighted by Crippen LogP contribution is 2.37. The van der Waals surface area contributed by atoms with Gasteiger partial charge in [0.15, 0.2) is 0 Å². The molecule has 0 aliphatic carbocycles. The third-order valence-electron chi connectivity index (χ3n) is 2.96. The summed E-state index contributed by atoms with van der Waals surface area (Å²) in [7, 11) is 0. The number of benzene rings is 1. The number of hydrogen-bond donors (Lipinski definition) is 1. The lowest BCUT2D eigenvalue weighted by atomic mass is 10.0. The summed E-state index contributed by atoms with van der Waals surface area (Å²) >= 11 is 2.95. The third kappa shape index (κ3) is 2.46. The van der Waals surface area contributed by atoms with Crippen molar-refractivity contribution in [3.05, 3.63) is 57.8 Å². The first-order valence-corrected chi connectivity index (χ1v) is 7.47. The summed E-state index contributed by atoms with van der Waals surface area (Å²) in [6.07, 6.45) is -5.42. The standard InChI is InChI=1S/C14H9F3OS2/c15-14(16,17)9-3-1-2-8(6-9)13(18)12-7-11-10(20-12)4-5-19-11/h1-7,13,18H. The SMILES string of the molecule is OC(c1cccc(C(F)(F)F)c1)c1cc2sccc2s1. The van der Waals surface area contributed by atoms with Gasteiger partial charge in [-0.2, -0.15) is 13.2 Å². The molecule has 1 aromatic carbocycles. The van der Waals surface area contributed by atoms with Crippen LogP contribution >= 0.6 is 22.7 Å². The maximum Gasteiger partial charge on any atom is 0.416 e. The van der Waals surface area contributed by atoms with E-state index in [1.807, 2.05) is 17.5 Å². The Morgan fingerprint density at radius 3 is 2.55 bits per heavy atom. The summed E-state index contributed by atoms with van der Waals surface area (Å²) in [5.74, 6) is 0. The van der Waals surface area contributed by atoms with Gasteiger partial charge < -0.3 is 5.11 Å². The molecule has 6 heteroatoms. The van der Waals surface area contributed by atoms with E-state index >= 15 is 0 Å². The van der Waals surface area contributed by atoms with E-state index in [0.29, 0.717) is 4.88 Å². The van der Waals surface area contributed by atoms with Gasteiger partial charge in [0.2, 0.25) is 0 Å². The minimum Gasteiger partial charge on any atom is -0.383 e. The molecule has 0 spiro atoms. The van der Waals surface area contributed by atoms with Crippen molar-refractivity contribution in [2.45, 2.75) is 12.3 Å². The Hall–Kier alpha value is -1.37. The number of hydrogen-bond acceptors (Lipinski definition) is 3. The second-order valence-electron chi connectivity index (χ2n) is 4.32. The van der Waals surface area contributed by atoms with Crippen LogP contribution in [-0.4, -0.2) is 5.11 Å². The van der Waals surface area contributed by atoms with Crippen LogP contribution in [0.4, 0.5) is 13.2 Å². The lowest BCUT2D eigenvalue weighted by Crippen LogP contribution is -2.06. The van der Waals surface area contributed by atoms with Crippen molar-refractivity contribution in [3.63, 3.8) is 0 Å². The number of rotatable bonds is 2. The second-order valence-corrected chi connectivity index (χ2v) is 6.39. The zero-order valence-electron chi connectivity index (χ0n) is 10.0. The molecule has 2 aromatic heterocycles. The molecule has 0 amide bonds. The van der Waals surface area contributed by atoms with Crippen LogP contribution in [0.15, 0.2) is 41.8 Å². The molecule has 3 aromatic rings. The van der Waals surface area contributed by atoms with Gasteiger partial charge in [-0.05, 0) is 35.2 Å². The van der Waals surface area contributed by atoms with Crippen molar-refractivity contribution < 1.29 is 18.3 Å². The van der Waals surface area contributed by atoms with E-state index in [1.165, 1.54) is 23.5 Å². The number of thiophene rings is 2. The smallest absolute Gasteiger partial charge is 0.383 e. The average molecular weight is 314 g/mol. The van der Waals surface area contributed by atoms with Crippen LogP contribution in [0.2, 0.25) is 0 Å². The molecule has 2 heterocycles. The Balaban J connectivity index is 1.97. The highest BCUT2D eigenvalue weighted by Gasteiger charge is 2.31. The largest absolute Gasteiger partial charge is 0.416 e. The number of aliphatic hydroxyl groups is 1. The summed E-state index contributed by atoms with van der Waals surface area (Å²) in [4.78, 5) is 0.658. The molecule has 0 aliphatic rings. The fourth-order valence-electron chi connectivity index (χ4n) is 1.97. The molecule has 0 aliphatic heterocycles. The monoisotopic (exact) mass is 314 g/mol. The van der Waals surface area contributed by atoms with Crippen molar-refractivity contribution in [1.82, 2.24) is 0 Å². The minimum atomic E-state index is -4.40. The van der Waals surface area contributed by atoms with Gasteiger partial charge in [0.25, 0.3) is 0 Å². The van der Waals surface area contributed by atoms with Gasteiger partial charge in [0.1, 0.15) is 6.10 Å². The van der Waals surface area contributed by atoms with E-state index in [9.17, 15) is 18.3 Å². The Morgan fingerprint density at radius 2 is 1.85 bits per heavy atom. The summed E-state index contributed by atoms with van der Waals surface area (Å²) in [5.41, 5.74) is -0.485. The van der Waals surface area contributed by atoms with Gasteiger partial charge >= 0.3 is 6.18 Å². The molecular weight excluding hydrogens is 305 g/mol. The van der Waals surface area contributed by atoms with Gasteiger partial charge in [-0.25, -0.2) is 0 Å². The van der Waals surface area contributed by atoms with Crippen molar-refractivity contribution in [1.29, 1.82) is 0 Å². The first kappa shape index (κ1) is 13.6. The topological polar surface area (TPSA) is 20.2 Å². The molecule has 20 heavy (non-hydrogen) atoms. The molecule has 104 valence electrons. The molecule has 0 bridgehead atoms. The predicted molar refractivity (Wildman–Crippen MR) is 75.2 cm³/mol. The van der Waals surface area contributed by atoms with Crippen LogP contribution in [0.3, 0.4) is 0 Å². The van der Waals surface area contributed by atoms with E-state index in [1.54, 1.807) is 11.3 Å². The van der Waals surface area contributed by atoms with Gasteiger partial charge in [0.05, 0.1) is 5.56 Å². The van der Waals surface area contributed by atoms with Gasteiger partial charge in [-0.3, -0.25) is 0 Å². The van der Waals surface area contributed by atoms with E-state index in [4.69, 9.17) is 0 Å². The normalized spacial score (nSPS) is 13.8.